The highest BCUT2D eigenvalue weighted by Gasteiger charge is 2.10. The molecule has 0 saturated heterocycles. The number of nitrogens with zero attached hydrogens (tertiary/aromatic N) is 1. The van der Waals surface area contributed by atoms with E-state index in [9.17, 15) is 9.59 Å². The van der Waals surface area contributed by atoms with Crippen molar-refractivity contribution in [3.05, 3.63) is 90.1 Å². The van der Waals surface area contributed by atoms with E-state index in [1.54, 1.807) is 43.3 Å². The third-order valence-electron chi connectivity index (χ3n) is 6.73. The molecule has 0 aliphatic heterocycles. The van der Waals surface area contributed by atoms with E-state index in [4.69, 9.17) is 14.2 Å². The Bertz CT molecular complexity index is 1220. The molecule has 0 fully saturated rings. The quantitative estimate of drug-likeness (QED) is 0.0675. The summed E-state index contributed by atoms with van der Waals surface area (Å²) in [5.74, 6) is 0.433. The summed E-state index contributed by atoms with van der Waals surface area (Å²) >= 11 is 0. The van der Waals surface area contributed by atoms with Gasteiger partial charge in [0.05, 0.1) is 24.5 Å². The fourth-order valence-corrected chi connectivity index (χ4v) is 4.26. The number of hydrogen-bond donors (Lipinski definition) is 0. The summed E-state index contributed by atoms with van der Waals surface area (Å²) in [7, 11) is 0. The minimum absolute atomic E-state index is 0.337. The predicted molar refractivity (Wildman–Crippen MR) is 163 cm³/mol. The van der Waals surface area contributed by atoms with Gasteiger partial charge >= 0.3 is 11.9 Å². The second-order valence-corrected chi connectivity index (χ2v) is 10.3. The fourth-order valence-electron chi connectivity index (χ4n) is 4.26. The van der Waals surface area contributed by atoms with Gasteiger partial charge in [0.25, 0.3) is 0 Å². The van der Waals surface area contributed by atoms with Crippen LogP contribution in [0.5, 0.6) is 11.5 Å². The summed E-state index contributed by atoms with van der Waals surface area (Å²) in [6, 6.07) is 18.6. The molecule has 218 valence electrons. The first-order chi connectivity index (χ1) is 20.0. The third-order valence-corrected chi connectivity index (χ3v) is 6.73. The van der Waals surface area contributed by atoms with E-state index < -0.39 is 5.97 Å². The molecule has 1 heterocycles. The molecule has 0 bridgehead atoms. The molecule has 2 aromatic carbocycles. The van der Waals surface area contributed by atoms with Crippen molar-refractivity contribution in [3.63, 3.8) is 0 Å². The van der Waals surface area contributed by atoms with Crippen molar-refractivity contribution in [1.82, 2.24) is 4.98 Å². The molecule has 6 nitrogen and oxygen atoms in total. The number of rotatable bonds is 18. The first-order valence-corrected chi connectivity index (χ1v) is 14.8. The zero-order chi connectivity index (χ0) is 29.3. The topological polar surface area (TPSA) is 74.7 Å². The zero-order valence-corrected chi connectivity index (χ0v) is 24.5. The number of carbonyl (C=O) groups is 2. The highest BCUT2D eigenvalue weighted by atomic mass is 16.5. The Kier molecular flexibility index (Phi) is 13.6. The Morgan fingerprint density at radius 2 is 1.41 bits per heavy atom. The lowest BCUT2D eigenvalue weighted by atomic mass is 10.1. The third kappa shape index (κ3) is 11.6. The molecular formula is C35H43NO5. The van der Waals surface area contributed by atoms with E-state index in [1.807, 2.05) is 18.3 Å². The van der Waals surface area contributed by atoms with Crippen molar-refractivity contribution >= 4 is 11.9 Å². The smallest absolute Gasteiger partial charge is 0.343 e. The molecule has 0 atom stereocenters. The number of carbonyl (C=O) groups excluding carboxylic acids is 2. The summed E-state index contributed by atoms with van der Waals surface area (Å²) in [6.45, 7) is 8.44. The lowest BCUT2D eigenvalue weighted by Gasteiger charge is -2.09. The van der Waals surface area contributed by atoms with Crippen LogP contribution < -0.4 is 9.47 Å². The van der Waals surface area contributed by atoms with Crippen molar-refractivity contribution in [1.29, 1.82) is 0 Å². The van der Waals surface area contributed by atoms with Crippen LogP contribution in [0.25, 0.3) is 11.3 Å². The maximum atomic E-state index is 12.6. The molecule has 6 heteroatoms. The van der Waals surface area contributed by atoms with Crippen LogP contribution in [-0.4, -0.2) is 30.1 Å². The van der Waals surface area contributed by atoms with Crippen LogP contribution in [0.2, 0.25) is 0 Å². The molecule has 0 radical (unpaired) electrons. The maximum absolute atomic E-state index is 12.6. The van der Waals surface area contributed by atoms with Crippen molar-refractivity contribution in [2.45, 2.75) is 78.1 Å². The first-order valence-electron chi connectivity index (χ1n) is 14.8. The molecule has 3 rings (SSSR count). The molecule has 0 amide bonds. The maximum Gasteiger partial charge on any atom is 0.343 e. The lowest BCUT2D eigenvalue weighted by Crippen LogP contribution is -2.08. The van der Waals surface area contributed by atoms with Gasteiger partial charge in [-0.1, -0.05) is 45.3 Å². The summed E-state index contributed by atoms with van der Waals surface area (Å²) < 4.78 is 16.4. The number of esters is 2. The molecule has 0 saturated carbocycles. The number of aromatic nitrogens is 1. The minimum atomic E-state index is -0.418. The van der Waals surface area contributed by atoms with Crippen LogP contribution in [0, 0.1) is 0 Å². The molecule has 3 aromatic rings. The van der Waals surface area contributed by atoms with E-state index in [1.165, 1.54) is 37.7 Å². The fraction of sp³-hybridized carbons (Fsp3) is 0.400. The second-order valence-electron chi connectivity index (χ2n) is 10.3. The van der Waals surface area contributed by atoms with Gasteiger partial charge in [0, 0.05) is 17.3 Å². The first kappa shape index (κ1) is 31.6. The SMILES string of the molecule is C=C(C)C(=O)OCCCCCCOc1ccc(C(=O)Oc2ccc(-c3ccc(CCCCCCC)cn3)cc2)cc1. The standard InChI is InChI=1S/C35H43NO5/c1-4-5-6-7-10-13-28-14-23-33(36-26-28)29-15-21-32(22-16-29)41-35(38)30-17-19-31(20-18-30)39-24-11-8-9-12-25-40-34(37)27(2)3/h14-23,26H,2,4-13,24-25H2,1,3H3. The normalized spacial score (nSPS) is 10.7. The summed E-state index contributed by atoms with van der Waals surface area (Å²) in [6.07, 6.45) is 13.0. The van der Waals surface area contributed by atoms with Crippen molar-refractivity contribution in [2.24, 2.45) is 0 Å². The monoisotopic (exact) mass is 557 g/mol. The molecule has 0 unspecified atom stereocenters. The highest BCUT2D eigenvalue weighted by Crippen LogP contribution is 2.23. The van der Waals surface area contributed by atoms with Gasteiger partial charge in [-0.15, -0.1) is 0 Å². The number of ether oxygens (including phenoxy) is 3. The highest BCUT2D eigenvalue weighted by molar-refractivity contribution is 5.91. The van der Waals surface area contributed by atoms with Crippen LogP contribution in [-0.2, 0) is 16.0 Å². The molecule has 0 aliphatic rings. The van der Waals surface area contributed by atoms with E-state index >= 15 is 0 Å². The molecule has 1 aromatic heterocycles. The van der Waals surface area contributed by atoms with Crippen LogP contribution in [0.4, 0.5) is 0 Å². The average molecular weight is 558 g/mol. The Balaban J connectivity index is 1.36. The Hall–Kier alpha value is -3.93. The van der Waals surface area contributed by atoms with Gasteiger partial charge < -0.3 is 14.2 Å². The van der Waals surface area contributed by atoms with Gasteiger partial charge in [-0.2, -0.15) is 0 Å². The number of benzene rings is 2. The van der Waals surface area contributed by atoms with Crippen LogP contribution in [0.1, 0.15) is 87.6 Å². The van der Waals surface area contributed by atoms with Crippen molar-refractivity contribution in [2.75, 3.05) is 13.2 Å². The van der Waals surface area contributed by atoms with Gasteiger partial charge in [0.2, 0.25) is 0 Å². The Morgan fingerprint density at radius 1 is 0.756 bits per heavy atom. The van der Waals surface area contributed by atoms with Crippen LogP contribution in [0.15, 0.2) is 79.0 Å². The molecule has 0 N–H and O–H groups in total. The molecule has 41 heavy (non-hydrogen) atoms. The molecule has 0 aliphatic carbocycles. The summed E-state index contributed by atoms with van der Waals surface area (Å²) in [4.78, 5) is 28.6. The van der Waals surface area contributed by atoms with E-state index in [0.717, 1.165) is 43.4 Å². The molecule has 0 spiro atoms. The van der Waals surface area contributed by atoms with E-state index in [-0.39, 0.29) is 5.97 Å². The van der Waals surface area contributed by atoms with Crippen molar-refractivity contribution in [3.8, 4) is 22.8 Å². The van der Waals surface area contributed by atoms with E-state index in [0.29, 0.717) is 35.8 Å². The number of hydrogen-bond acceptors (Lipinski definition) is 6. The minimum Gasteiger partial charge on any atom is -0.494 e. The van der Waals surface area contributed by atoms with Gasteiger partial charge in [0.1, 0.15) is 11.5 Å². The average Bonchev–Trinajstić information content (AvgIpc) is 2.99. The Labute approximate surface area is 244 Å². The van der Waals surface area contributed by atoms with Gasteiger partial charge in [0.15, 0.2) is 0 Å². The van der Waals surface area contributed by atoms with Gasteiger partial charge in [-0.25, -0.2) is 9.59 Å². The predicted octanol–water partition coefficient (Wildman–Crippen LogP) is 8.54. The Morgan fingerprint density at radius 3 is 2.07 bits per heavy atom. The van der Waals surface area contributed by atoms with E-state index in [2.05, 4.69) is 30.6 Å². The zero-order valence-electron chi connectivity index (χ0n) is 24.5. The molecular weight excluding hydrogens is 514 g/mol. The van der Waals surface area contributed by atoms with Gasteiger partial charge in [-0.05, 0) is 106 Å². The largest absolute Gasteiger partial charge is 0.494 e. The van der Waals surface area contributed by atoms with Crippen LogP contribution in [0.3, 0.4) is 0 Å². The number of aryl methyl sites for hydroxylation is 1. The van der Waals surface area contributed by atoms with Crippen LogP contribution >= 0.6 is 0 Å². The summed E-state index contributed by atoms with van der Waals surface area (Å²) in [5.41, 5.74) is 4.02. The lowest BCUT2D eigenvalue weighted by molar-refractivity contribution is -0.139. The van der Waals surface area contributed by atoms with Crippen molar-refractivity contribution < 1.29 is 23.8 Å². The number of unbranched alkanes of at least 4 members (excludes halogenated alkanes) is 7. The number of pyridine rings is 1. The second kappa shape index (κ2) is 17.7. The van der Waals surface area contributed by atoms with Gasteiger partial charge in [-0.3, -0.25) is 4.98 Å². The summed E-state index contributed by atoms with van der Waals surface area (Å²) in [5, 5.41) is 0.